The van der Waals surface area contributed by atoms with Gasteiger partial charge in [0.2, 0.25) is 0 Å². The molecule has 0 saturated carbocycles. The normalized spacial score (nSPS) is 11.6. The molecular weight excluding hydrogens is 364 g/mol. The molecule has 0 unspecified atom stereocenters. The number of carbonyl (C=O) groups excluding carboxylic acids is 1. The van der Waals surface area contributed by atoms with E-state index in [1.54, 1.807) is 36.1 Å². The molecule has 2 aromatic carbocycles. The van der Waals surface area contributed by atoms with Gasteiger partial charge in [-0.15, -0.1) is 10.2 Å². The van der Waals surface area contributed by atoms with Crippen LogP contribution in [0.1, 0.15) is 43.7 Å². The molecule has 0 radical (unpaired) electrons. The molecular formula is C22H22N6O. The van der Waals surface area contributed by atoms with Crippen LogP contribution in [-0.4, -0.2) is 35.8 Å². The van der Waals surface area contributed by atoms with Crippen molar-refractivity contribution in [1.82, 2.24) is 30.0 Å². The van der Waals surface area contributed by atoms with Gasteiger partial charge in [-0.1, -0.05) is 43.3 Å². The fourth-order valence-corrected chi connectivity index (χ4v) is 3.17. The summed E-state index contributed by atoms with van der Waals surface area (Å²) in [5.74, 6) is 0.0358. The van der Waals surface area contributed by atoms with Crippen LogP contribution in [0, 0.1) is 0 Å². The van der Waals surface area contributed by atoms with Crippen molar-refractivity contribution in [2.75, 3.05) is 0 Å². The molecule has 0 amide bonds. The number of hydrogen-bond acceptors (Lipinski definition) is 5. The molecule has 2 aromatic heterocycles. The van der Waals surface area contributed by atoms with Crippen LogP contribution in [0.2, 0.25) is 0 Å². The van der Waals surface area contributed by atoms with Gasteiger partial charge in [-0.2, -0.15) is 0 Å². The number of Topliss-reactive ketones (excluding diaryl/α,β-unsaturated/α-hetero) is 1. The predicted molar refractivity (Wildman–Crippen MR) is 110 cm³/mol. The van der Waals surface area contributed by atoms with Crippen molar-refractivity contribution in [2.24, 2.45) is 0 Å². The van der Waals surface area contributed by atoms with Gasteiger partial charge in [-0.3, -0.25) is 4.79 Å². The van der Waals surface area contributed by atoms with Crippen molar-refractivity contribution in [3.63, 3.8) is 0 Å². The van der Waals surface area contributed by atoms with Crippen LogP contribution >= 0.6 is 0 Å². The number of aromatic nitrogens is 6. The Morgan fingerprint density at radius 2 is 1.34 bits per heavy atom. The topological polar surface area (TPSA) is 78.5 Å². The zero-order valence-electron chi connectivity index (χ0n) is 16.9. The molecule has 0 saturated heterocycles. The highest BCUT2D eigenvalue weighted by Gasteiger charge is 2.20. The van der Waals surface area contributed by atoms with Crippen molar-refractivity contribution < 1.29 is 4.79 Å². The van der Waals surface area contributed by atoms with Crippen molar-refractivity contribution >= 4 is 5.78 Å². The third-order valence-corrected chi connectivity index (χ3v) is 4.79. The first-order chi connectivity index (χ1) is 13.8. The summed E-state index contributed by atoms with van der Waals surface area (Å²) in [5.41, 5.74) is 5.29. The minimum atomic E-state index is -0.0588. The Morgan fingerprint density at radius 1 is 0.793 bits per heavy atom. The van der Waals surface area contributed by atoms with E-state index >= 15 is 0 Å². The van der Waals surface area contributed by atoms with Gasteiger partial charge in [0.15, 0.2) is 5.78 Å². The fraction of sp³-hybridized carbons (Fsp3) is 0.227. The number of carbonyl (C=O) groups is 1. The molecule has 4 rings (SSSR count). The predicted octanol–water partition coefficient (Wildman–Crippen LogP) is 4.02. The van der Waals surface area contributed by atoms with E-state index in [4.69, 9.17) is 0 Å². The average molecular weight is 386 g/mol. The van der Waals surface area contributed by atoms with Gasteiger partial charge in [0, 0.05) is 16.5 Å². The molecule has 146 valence electrons. The average Bonchev–Trinajstić information content (AvgIpc) is 3.38. The van der Waals surface area contributed by atoms with Crippen LogP contribution < -0.4 is 0 Å². The summed E-state index contributed by atoms with van der Waals surface area (Å²) >= 11 is 0. The molecule has 0 atom stereocenters. The van der Waals surface area contributed by atoms with Crippen LogP contribution in [0.15, 0.2) is 60.9 Å². The number of hydrogen-bond donors (Lipinski definition) is 0. The van der Waals surface area contributed by atoms with E-state index in [0.717, 1.165) is 28.3 Å². The Labute approximate surface area is 169 Å². The summed E-state index contributed by atoms with van der Waals surface area (Å²) in [6, 6.07) is 15.4. The maximum Gasteiger partial charge on any atom is 0.159 e. The molecule has 2 heterocycles. The summed E-state index contributed by atoms with van der Waals surface area (Å²) in [7, 11) is 0. The van der Waals surface area contributed by atoms with E-state index in [1.165, 1.54) is 0 Å². The molecule has 0 aliphatic heterocycles. The third kappa shape index (κ3) is 3.59. The third-order valence-electron chi connectivity index (χ3n) is 4.79. The SMILES string of the molecule is CC(=O)c1ccc(-n2nncc2-c2ccc(-n3nncc3C(C)(C)C)cc2)cc1. The summed E-state index contributed by atoms with van der Waals surface area (Å²) in [4.78, 5) is 11.5. The van der Waals surface area contributed by atoms with Gasteiger partial charge in [0.05, 0.1) is 35.2 Å². The quantitative estimate of drug-likeness (QED) is 0.495. The molecule has 0 aliphatic carbocycles. The zero-order valence-corrected chi connectivity index (χ0v) is 16.9. The highest BCUT2D eigenvalue weighted by molar-refractivity contribution is 5.94. The van der Waals surface area contributed by atoms with Gasteiger partial charge in [0.25, 0.3) is 0 Å². The molecule has 0 spiro atoms. The lowest BCUT2D eigenvalue weighted by molar-refractivity contribution is 0.101. The Morgan fingerprint density at radius 3 is 1.97 bits per heavy atom. The van der Waals surface area contributed by atoms with Crippen molar-refractivity contribution in [3.8, 4) is 22.6 Å². The number of nitrogens with zero attached hydrogens (tertiary/aromatic N) is 6. The zero-order chi connectivity index (χ0) is 20.6. The number of benzene rings is 2. The lowest BCUT2D eigenvalue weighted by Crippen LogP contribution is -2.17. The van der Waals surface area contributed by atoms with E-state index in [0.29, 0.717) is 5.56 Å². The van der Waals surface area contributed by atoms with E-state index < -0.39 is 0 Å². The molecule has 0 N–H and O–H groups in total. The minimum Gasteiger partial charge on any atom is -0.295 e. The first-order valence-electron chi connectivity index (χ1n) is 9.39. The van der Waals surface area contributed by atoms with E-state index in [1.807, 2.05) is 41.1 Å². The molecule has 29 heavy (non-hydrogen) atoms. The summed E-state index contributed by atoms with van der Waals surface area (Å²) in [5, 5.41) is 16.6. The van der Waals surface area contributed by atoms with Gasteiger partial charge >= 0.3 is 0 Å². The second-order valence-electron chi connectivity index (χ2n) is 7.96. The molecule has 4 aromatic rings. The lowest BCUT2D eigenvalue weighted by atomic mass is 9.92. The van der Waals surface area contributed by atoms with Gasteiger partial charge in [-0.25, -0.2) is 9.36 Å². The monoisotopic (exact) mass is 386 g/mol. The standard InChI is InChI=1S/C22H22N6O/c1-15(29)16-5-9-18(10-6-16)27-20(13-23-25-27)17-7-11-19(12-8-17)28-21(14-24-26-28)22(2,3)4/h5-14H,1-4H3. The summed E-state index contributed by atoms with van der Waals surface area (Å²) in [6.07, 6.45) is 3.53. The molecule has 7 nitrogen and oxygen atoms in total. The largest absolute Gasteiger partial charge is 0.295 e. The van der Waals surface area contributed by atoms with E-state index in [-0.39, 0.29) is 11.2 Å². The molecule has 0 bridgehead atoms. The van der Waals surface area contributed by atoms with Gasteiger partial charge in [-0.05, 0) is 43.3 Å². The lowest BCUT2D eigenvalue weighted by Gasteiger charge is -2.19. The fourth-order valence-electron chi connectivity index (χ4n) is 3.17. The second-order valence-corrected chi connectivity index (χ2v) is 7.96. The summed E-state index contributed by atoms with van der Waals surface area (Å²) < 4.78 is 3.62. The van der Waals surface area contributed by atoms with Crippen LogP contribution in [0.4, 0.5) is 0 Å². The molecule has 0 aliphatic rings. The smallest absolute Gasteiger partial charge is 0.159 e. The molecule has 7 heteroatoms. The van der Waals surface area contributed by atoms with Crippen LogP contribution in [0.5, 0.6) is 0 Å². The number of ketones is 1. The van der Waals surface area contributed by atoms with E-state index in [2.05, 4.69) is 41.4 Å². The first-order valence-corrected chi connectivity index (χ1v) is 9.39. The van der Waals surface area contributed by atoms with Crippen molar-refractivity contribution in [2.45, 2.75) is 33.1 Å². The van der Waals surface area contributed by atoms with E-state index in [9.17, 15) is 4.79 Å². The van der Waals surface area contributed by atoms with Crippen LogP contribution in [0.3, 0.4) is 0 Å². The summed E-state index contributed by atoms with van der Waals surface area (Å²) in [6.45, 7) is 7.96. The highest BCUT2D eigenvalue weighted by atomic mass is 16.1. The van der Waals surface area contributed by atoms with Gasteiger partial charge < -0.3 is 0 Å². The first kappa shape index (κ1) is 18.7. The second kappa shape index (κ2) is 7.09. The molecule has 0 fully saturated rings. The highest BCUT2D eigenvalue weighted by Crippen LogP contribution is 2.26. The maximum atomic E-state index is 11.5. The maximum absolute atomic E-state index is 11.5. The van der Waals surface area contributed by atoms with Crippen LogP contribution in [-0.2, 0) is 5.41 Å². The Bertz CT molecular complexity index is 1150. The Balaban J connectivity index is 1.67. The number of rotatable bonds is 4. The van der Waals surface area contributed by atoms with Crippen molar-refractivity contribution in [1.29, 1.82) is 0 Å². The minimum absolute atomic E-state index is 0.0358. The Hall–Kier alpha value is -3.61. The van der Waals surface area contributed by atoms with Crippen LogP contribution in [0.25, 0.3) is 22.6 Å². The Kier molecular flexibility index (Phi) is 4.58. The van der Waals surface area contributed by atoms with Crippen molar-refractivity contribution in [3.05, 3.63) is 72.2 Å². The van der Waals surface area contributed by atoms with Gasteiger partial charge in [0.1, 0.15) is 0 Å².